The van der Waals surface area contributed by atoms with E-state index < -0.39 is 27.4 Å². The second-order valence-corrected chi connectivity index (χ2v) is 13.9. The fourth-order valence-corrected chi connectivity index (χ4v) is 6.17. The lowest BCUT2D eigenvalue weighted by molar-refractivity contribution is -0.119. The van der Waals surface area contributed by atoms with Gasteiger partial charge in [0.05, 0.1) is 22.4 Å². The number of amides is 1. The second kappa shape index (κ2) is 14.2. The van der Waals surface area contributed by atoms with E-state index in [1.54, 1.807) is 18.3 Å². The molecule has 0 saturated heterocycles. The molecule has 2 heterocycles. The number of fused-ring (bicyclic) bond motifs is 1. The molecule has 0 radical (unpaired) electrons. The van der Waals surface area contributed by atoms with E-state index in [9.17, 15) is 17.6 Å². The lowest BCUT2D eigenvalue weighted by atomic mass is 10.1. The van der Waals surface area contributed by atoms with Gasteiger partial charge in [0.1, 0.15) is 21.4 Å². The van der Waals surface area contributed by atoms with Gasteiger partial charge in [0, 0.05) is 48.2 Å². The Morgan fingerprint density at radius 1 is 0.978 bits per heavy atom. The Balaban J connectivity index is 1.23. The zero-order chi connectivity index (χ0) is 32.0. The number of benzene rings is 3. The van der Waals surface area contributed by atoms with E-state index in [1.807, 2.05) is 30.3 Å². The number of halogens is 2. The van der Waals surface area contributed by atoms with Crippen LogP contribution in [0.15, 0.2) is 85.1 Å². The number of nitrogens with one attached hydrogen (secondary N) is 3. The van der Waals surface area contributed by atoms with E-state index in [1.165, 1.54) is 54.0 Å². The number of anilines is 1. The number of carbonyl (C=O) groups excluding carboxylic acids is 1. The van der Waals surface area contributed by atoms with Gasteiger partial charge in [-0.2, -0.15) is 0 Å². The average molecular weight is 667 g/mol. The summed E-state index contributed by atoms with van der Waals surface area (Å²) in [5, 5.41) is 8.45. The molecule has 0 atom stereocenters. The van der Waals surface area contributed by atoms with Crippen LogP contribution in [0.5, 0.6) is 11.5 Å². The van der Waals surface area contributed by atoms with Crippen LogP contribution in [0.25, 0.3) is 20.7 Å². The van der Waals surface area contributed by atoms with Crippen LogP contribution >= 0.6 is 23.6 Å². The third-order valence-electron chi connectivity index (χ3n) is 6.51. The van der Waals surface area contributed by atoms with Crippen LogP contribution in [0, 0.1) is 11.6 Å². The topological polar surface area (TPSA) is 109 Å². The highest BCUT2D eigenvalue weighted by Gasteiger charge is 2.14. The van der Waals surface area contributed by atoms with E-state index in [0.717, 1.165) is 20.7 Å². The number of rotatable bonds is 11. The standard InChI is InChI=1S/C32H28F2N4O4S3/c1-45(40,41)14-13-35-19-21-3-2-4-22(15-21)29-18-26-31(44-29)28(11-12-36-26)42-27-10-9-24(17-25(27)34)37-32(43)38-30(39)16-20-5-7-23(33)8-6-20/h2-12,15,17-18,35H,13-14,16,19H2,1H3,(H2,37,38,39,43). The van der Waals surface area contributed by atoms with Crippen molar-refractivity contribution in [3.05, 3.63) is 108 Å². The van der Waals surface area contributed by atoms with Gasteiger partial charge in [-0.05, 0) is 65.3 Å². The Morgan fingerprint density at radius 3 is 2.53 bits per heavy atom. The van der Waals surface area contributed by atoms with Crippen molar-refractivity contribution in [1.29, 1.82) is 0 Å². The molecule has 13 heteroatoms. The molecule has 232 valence electrons. The van der Waals surface area contributed by atoms with E-state index in [4.69, 9.17) is 17.0 Å². The van der Waals surface area contributed by atoms with Crippen molar-refractivity contribution in [3.8, 4) is 21.9 Å². The highest BCUT2D eigenvalue weighted by Crippen LogP contribution is 2.40. The Bertz CT molecular complexity index is 1970. The van der Waals surface area contributed by atoms with Crippen LogP contribution < -0.4 is 20.7 Å². The third kappa shape index (κ3) is 9.11. The third-order valence-corrected chi connectivity index (χ3v) is 8.84. The zero-order valence-corrected chi connectivity index (χ0v) is 26.4. The van der Waals surface area contributed by atoms with Gasteiger partial charge in [-0.3, -0.25) is 9.78 Å². The molecular formula is C32H28F2N4O4S3. The maximum absolute atomic E-state index is 15.1. The van der Waals surface area contributed by atoms with Gasteiger partial charge < -0.3 is 20.7 Å². The Kier molecular flexibility index (Phi) is 10.1. The zero-order valence-electron chi connectivity index (χ0n) is 24.0. The summed E-state index contributed by atoms with van der Waals surface area (Å²) >= 11 is 6.65. The van der Waals surface area contributed by atoms with Gasteiger partial charge >= 0.3 is 0 Å². The van der Waals surface area contributed by atoms with Gasteiger partial charge in [0.2, 0.25) is 5.91 Å². The molecule has 3 N–H and O–H groups in total. The van der Waals surface area contributed by atoms with Crippen molar-refractivity contribution >= 4 is 60.3 Å². The summed E-state index contributed by atoms with van der Waals surface area (Å²) in [6.45, 7) is 0.893. The summed E-state index contributed by atoms with van der Waals surface area (Å²) in [4.78, 5) is 17.7. The fraction of sp³-hybridized carbons (Fsp3) is 0.156. The van der Waals surface area contributed by atoms with Gasteiger partial charge in [-0.15, -0.1) is 11.3 Å². The van der Waals surface area contributed by atoms with Gasteiger partial charge in [0.25, 0.3) is 0 Å². The van der Waals surface area contributed by atoms with Gasteiger partial charge in [-0.25, -0.2) is 17.2 Å². The lowest BCUT2D eigenvalue weighted by Crippen LogP contribution is -2.35. The molecule has 2 aromatic heterocycles. The van der Waals surface area contributed by atoms with E-state index in [-0.39, 0.29) is 23.0 Å². The molecule has 45 heavy (non-hydrogen) atoms. The largest absolute Gasteiger partial charge is 0.453 e. The van der Waals surface area contributed by atoms with Crippen LogP contribution in [-0.2, 0) is 27.6 Å². The summed E-state index contributed by atoms with van der Waals surface area (Å²) in [5.41, 5.74) is 3.61. The highest BCUT2D eigenvalue weighted by atomic mass is 32.2. The summed E-state index contributed by atoms with van der Waals surface area (Å²) in [6, 6.07) is 21.3. The molecule has 0 fully saturated rings. The maximum Gasteiger partial charge on any atom is 0.230 e. The quantitative estimate of drug-likeness (QED) is 0.113. The monoisotopic (exact) mass is 666 g/mol. The number of carbonyl (C=O) groups is 1. The van der Waals surface area contributed by atoms with Gasteiger partial charge in [-0.1, -0.05) is 30.3 Å². The molecule has 0 bridgehead atoms. The first kappa shape index (κ1) is 32.1. The summed E-state index contributed by atoms with van der Waals surface area (Å²) in [5.74, 6) is -0.920. The van der Waals surface area contributed by atoms with Crippen molar-refractivity contribution in [2.75, 3.05) is 23.9 Å². The molecule has 0 aliphatic carbocycles. The number of hydrogen-bond donors (Lipinski definition) is 3. The van der Waals surface area contributed by atoms with Crippen LogP contribution in [0.2, 0.25) is 0 Å². The molecule has 5 rings (SSSR count). The molecule has 5 aromatic rings. The Hall–Kier alpha value is -4.30. The number of nitrogens with zero attached hydrogens (tertiary/aromatic N) is 1. The molecule has 0 unspecified atom stereocenters. The second-order valence-electron chi connectivity index (χ2n) is 10.2. The number of pyridine rings is 1. The smallest absolute Gasteiger partial charge is 0.230 e. The number of thiocarbonyl (C=S) groups is 1. The molecule has 1 amide bonds. The first-order valence-corrected chi connectivity index (χ1v) is 17.0. The van der Waals surface area contributed by atoms with Gasteiger partial charge in [0.15, 0.2) is 16.7 Å². The minimum Gasteiger partial charge on any atom is -0.453 e. The predicted molar refractivity (Wildman–Crippen MR) is 177 cm³/mol. The molecule has 0 aliphatic rings. The summed E-state index contributed by atoms with van der Waals surface area (Å²) < 4.78 is 57.6. The molecule has 3 aromatic carbocycles. The molecule has 0 saturated carbocycles. The first-order chi connectivity index (χ1) is 21.5. The SMILES string of the molecule is CS(=O)(=O)CCNCc1cccc(-c2cc3nccc(Oc4ccc(NC(=S)NC(=O)Cc5ccc(F)cc5)cc4F)c3s2)c1. The molecule has 8 nitrogen and oxygen atoms in total. The normalized spacial score (nSPS) is 11.4. The Labute approximate surface area is 268 Å². The summed E-state index contributed by atoms with van der Waals surface area (Å²) in [7, 11) is -3.03. The van der Waals surface area contributed by atoms with Crippen LogP contribution in [-0.4, -0.2) is 43.0 Å². The number of thiophene rings is 1. The number of hydrogen-bond acceptors (Lipinski definition) is 8. The molecule has 0 aliphatic heterocycles. The minimum absolute atomic E-state index is 0.00331. The minimum atomic E-state index is -3.03. The van der Waals surface area contributed by atoms with Crippen LogP contribution in [0.3, 0.4) is 0 Å². The molecular weight excluding hydrogens is 639 g/mol. The molecule has 0 spiro atoms. The number of aromatic nitrogens is 1. The number of ether oxygens (including phenoxy) is 1. The van der Waals surface area contributed by atoms with Crippen molar-refractivity contribution in [2.24, 2.45) is 0 Å². The first-order valence-electron chi connectivity index (χ1n) is 13.7. The maximum atomic E-state index is 15.1. The summed E-state index contributed by atoms with van der Waals surface area (Å²) in [6.07, 6.45) is 2.81. The predicted octanol–water partition coefficient (Wildman–Crippen LogP) is 6.22. The average Bonchev–Trinajstić information content (AvgIpc) is 3.43. The Morgan fingerprint density at radius 2 is 1.78 bits per heavy atom. The van der Waals surface area contributed by atoms with Crippen molar-refractivity contribution in [1.82, 2.24) is 15.6 Å². The fourth-order valence-electron chi connectivity index (χ4n) is 4.36. The number of sulfone groups is 1. The lowest BCUT2D eigenvalue weighted by Gasteiger charge is -2.12. The van der Waals surface area contributed by atoms with Crippen molar-refractivity contribution in [3.63, 3.8) is 0 Å². The van der Waals surface area contributed by atoms with Crippen LogP contribution in [0.4, 0.5) is 14.5 Å². The van der Waals surface area contributed by atoms with E-state index >= 15 is 4.39 Å². The van der Waals surface area contributed by atoms with Crippen molar-refractivity contribution < 1.29 is 26.7 Å². The van der Waals surface area contributed by atoms with E-state index in [2.05, 4.69) is 20.9 Å². The highest BCUT2D eigenvalue weighted by molar-refractivity contribution is 7.90. The van der Waals surface area contributed by atoms with Crippen LogP contribution in [0.1, 0.15) is 11.1 Å². The van der Waals surface area contributed by atoms with Crippen molar-refractivity contribution in [2.45, 2.75) is 13.0 Å². The van der Waals surface area contributed by atoms with E-state index in [0.29, 0.717) is 35.6 Å².